The van der Waals surface area contributed by atoms with Crippen molar-refractivity contribution in [2.45, 2.75) is 18.2 Å². The average molecular weight is 368 g/mol. The fourth-order valence-corrected chi connectivity index (χ4v) is 2.27. The van der Waals surface area contributed by atoms with Crippen LogP contribution in [0, 0.1) is 0 Å². The minimum absolute atomic E-state index is 0.140. The van der Waals surface area contributed by atoms with E-state index in [1.807, 2.05) is 0 Å². The van der Waals surface area contributed by atoms with Gasteiger partial charge in [-0.05, 0) is 24.3 Å². The third-order valence-electron chi connectivity index (χ3n) is 3.30. The highest BCUT2D eigenvalue weighted by Crippen LogP contribution is 2.37. The molecule has 1 amide bonds. The molecule has 0 spiro atoms. The van der Waals surface area contributed by atoms with Crippen LogP contribution >= 0.6 is 15.9 Å². The summed E-state index contributed by atoms with van der Waals surface area (Å²) in [5, 5.41) is 9.50. The third-order valence-corrected chi connectivity index (χ3v) is 3.83. The maximum atomic E-state index is 12.6. The Bertz CT molecular complexity index is 520. The molecule has 1 aliphatic rings. The molecular formula is C13H13BrF3NO3. The van der Waals surface area contributed by atoms with Gasteiger partial charge in [0.05, 0.1) is 6.54 Å². The first-order valence-corrected chi connectivity index (χ1v) is 6.96. The van der Waals surface area contributed by atoms with Crippen LogP contribution in [0.5, 0.6) is 5.75 Å². The molecule has 0 aliphatic carbocycles. The van der Waals surface area contributed by atoms with Crippen molar-refractivity contribution in [1.29, 1.82) is 0 Å². The fourth-order valence-electron chi connectivity index (χ4n) is 2.01. The lowest BCUT2D eigenvalue weighted by Crippen LogP contribution is -2.48. The van der Waals surface area contributed by atoms with Crippen LogP contribution in [-0.2, 0) is 4.79 Å². The SMILES string of the molecule is O=C(COc1ccc(Br)cc1)N1CCC(O)(C(F)(F)F)C1. The topological polar surface area (TPSA) is 49.8 Å². The summed E-state index contributed by atoms with van der Waals surface area (Å²) < 4.78 is 44.0. The molecule has 4 nitrogen and oxygen atoms in total. The lowest BCUT2D eigenvalue weighted by atomic mass is 10.0. The molecule has 1 heterocycles. The molecule has 116 valence electrons. The first-order chi connectivity index (χ1) is 9.71. The molecule has 2 rings (SSSR count). The maximum absolute atomic E-state index is 12.6. The molecule has 0 aromatic heterocycles. The van der Waals surface area contributed by atoms with E-state index >= 15 is 0 Å². The van der Waals surface area contributed by atoms with Gasteiger partial charge in [-0.15, -0.1) is 0 Å². The summed E-state index contributed by atoms with van der Waals surface area (Å²) in [5.41, 5.74) is -2.82. The number of likely N-dealkylation sites (tertiary alicyclic amines) is 1. The first kappa shape index (κ1) is 16.1. The number of alkyl halides is 3. The summed E-state index contributed by atoms with van der Waals surface area (Å²) >= 11 is 3.25. The Morgan fingerprint density at radius 2 is 2.00 bits per heavy atom. The molecule has 0 bridgehead atoms. The number of hydrogen-bond acceptors (Lipinski definition) is 3. The van der Waals surface area contributed by atoms with Crippen molar-refractivity contribution in [2.75, 3.05) is 19.7 Å². The van der Waals surface area contributed by atoms with Gasteiger partial charge < -0.3 is 14.7 Å². The highest BCUT2D eigenvalue weighted by Gasteiger charge is 2.57. The highest BCUT2D eigenvalue weighted by molar-refractivity contribution is 9.10. The summed E-state index contributed by atoms with van der Waals surface area (Å²) in [6, 6.07) is 6.71. The quantitative estimate of drug-likeness (QED) is 0.891. The predicted molar refractivity (Wildman–Crippen MR) is 71.8 cm³/mol. The van der Waals surface area contributed by atoms with E-state index < -0.39 is 30.7 Å². The minimum Gasteiger partial charge on any atom is -0.484 e. The van der Waals surface area contributed by atoms with Crippen molar-refractivity contribution < 1.29 is 27.8 Å². The second kappa shape index (κ2) is 5.84. The molecule has 1 fully saturated rings. The van der Waals surface area contributed by atoms with Crippen LogP contribution in [0.25, 0.3) is 0 Å². The number of carbonyl (C=O) groups is 1. The molecule has 1 aromatic rings. The Hall–Kier alpha value is -1.28. The maximum Gasteiger partial charge on any atom is 0.419 e. The second-order valence-corrected chi connectivity index (χ2v) is 5.75. The van der Waals surface area contributed by atoms with Crippen LogP contribution < -0.4 is 4.74 Å². The van der Waals surface area contributed by atoms with Crippen molar-refractivity contribution >= 4 is 21.8 Å². The Morgan fingerprint density at radius 1 is 1.38 bits per heavy atom. The Labute approximate surface area is 127 Å². The number of halogens is 4. The predicted octanol–water partition coefficient (Wildman–Crippen LogP) is 2.35. The monoisotopic (exact) mass is 367 g/mol. The van der Waals surface area contributed by atoms with E-state index in [0.29, 0.717) is 5.75 Å². The van der Waals surface area contributed by atoms with Crippen molar-refractivity contribution in [3.05, 3.63) is 28.7 Å². The number of carbonyl (C=O) groups excluding carboxylic acids is 1. The highest BCUT2D eigenvalue weighted by atomic mass is 79.9. The lowest BCUT2D eigenvalue weighted by molar-refractivity contribution is -0.253. The summed E-state index contributed by atoms with van der Waals surface area (Å²) in [7, 11) is 0. The molecule has 1 atom stereocenters. The number of amides is 1. The summed E-state index contributed by atoms with van der Waals surface area (Å²) in [6.07, 6.45) is -5.25. The normalized spacial score (nSPS) is 22.4. The van der Waals surface area contributed by atoms with E-state index in [0.717, 1.165) is 9.37 Å². The molecular weight excluding hydrogens is 355 g/mol. The van der Waals surface area contributed by atoms with E-state index in [4.69, 9.17) is 4.74 Å². The van der Waals surface area contributed by atoms with Crippen LogP contribution in [0.3, 0.4) is 0 Å². The number of hydrogen-bond donors (Lipinski definition) is 1. The summed E-state index contributed by atoms with van der Waals surface area (Å²) in [6.45, 7) is -1.26. The molecule has 1 saturated heterocycles. The van der Waals surface area contributed by atoms with Gasteiger partial charge in [-0.1, -0.05) is 15.9 Å². The molecule has 1 unspecified atom stereocenters. The first-order valence-electron chi connectivity index (χ1n) is 6.16. The van der Waals surface area contributed by atoms with Gasteiger partial charge in [0.2, 0.25) is 0 Å². The average Bonchev–Trinajstić information content (AvgIpc) is 2.81. The van der Waals surface area contributed by atoms with Gasteiger partial charge in [-0.25, -0.2) is 0 Å². The van der Waals surface area contributed by atoms with Gasteiger partial charge in [0.1, 0.15) is 5.75 Å². The van der Waals surface area contributed by atoms with Gasteiger partial charge >= 0.3 is 6.18 Å². The van der Waals surface area contributed by atoms with E-state index in [1.165, 1.54) is 0 Å². The van der Waals surface area contributed by atoms with Crippen molar-refractivity contribution in [3.63, 3.8) is 0 Å². The molecule has 0 radical (unpaired) electrons. The van der Waals surface area contributed by atoms with Gasteiger partial charge in [0.25, 0.3) is 5.91 Å². The van der Waals surface area contributed by atoms with Crippen LogP contribution in [0.1, 0.15) is 6.42 Å². The van der Waals surface area contributed by atoms with Crippen LogP contribution in [0.15, 0.2) is 28.7 Å². The van der Waals surface area contributed by atoms with Gasteiger partial charge in [0, 0.05) is 17.4 Å². The van der Waals surface area contributed by atoms with Gasteiger partial charge in [-0.2, -0.15) is 13.2 Å². The number of ether oxygens (including phenoxy) is 1. The van der Waals surface area contributed by atoms with E-state index in [2.05, 4.69) is 15.9 Å². The molecule has 8 heteroatoms. The Morgan fingerprint density at radius 3 is 2.52 bits per heavy atom. The van der Waals surface area contributed by atoms with Crippen LogP contribution in [0.2, 0.25) is 0 Å². The van der Waals surface area contributed by atoms with E-state index in [-0.39, 0.29) is 13.2 Å². The smallest absolute Gasteiger partial charge is 0.419 e. The molecule has 0 saturated carbocycles. The fraction of sp³-hybridized carbons (Fsp3) is 0.462. The zero-order chi connectivity index (χ0) is 15.7. The Kier molecular flexibility index (Phi) is 4.48. The number of nitrogens with zero attached hydrogens (tertiary/aromatic N) is 1. The number of benzene rings is 1. The lowest BCUT2D eigenvalue weighted by Gasteiger charge is -2.25. The zero-order valence-corrected chi connectivity index (χ0v) is 12.4. The van der Waals surface area contributed by atoms with Crippen molar-refractivity contribution in [2.24, 2.45) is 0 Å². The van der Waals surface area contributed by atoms with Crippen molar-refractivity contribution in [3.8, 4) is 5.75 Å². The third kappa shape index (κ3) is 3.68. The van der Waals surface area contributed by atoms with Gasteiger partial charge in [-0.3, -0.25) is 4.79 Å². The zero-order valence-electron chi connectivity index (χ0n) is 10.9. The number of rotatable bonds is 3. The van der Waals surface area contributed by atoms with Crippen LogP contribution in [0.4, 0.5) is 13.2 Å². The standard InChI is InChI=1S/C13H13BrF3NO3/c14-9-1-3-10(4-2-9)21-7-11(19)18-6-5-12(20,8-18)13(15,16)17/h1-4,20H,5-8H2. The van der Waals surface area contributed by atoms with Crippen molar-refractivity contribution in [1.82, 2.24) is 4.90 Å². The summed E-state index contributed by atoms with van der Waals surface area (Å²) in [5.74, 6) is -0.144. The largest absolute Gasteiger partial charge is 0.484 e. The number of β-amino-alcohol motifs (C(OH)–C–C–N with tert-alkyl or cyclic N) is 1. The van der Waals surface area contributed by atoms with E-state index in [9.17, 15) is 23.1 Å². The van der Waals surface area contributed by atoms with E-state index in [1.54, 1.807) is 24.3 Å². The second-order valence-electron chi connectivity index (χ2n) is 4.84. The molecule has 1 aliphatic heterocycles. The molecule has 21 heavy (non-hydrogen) atoms. The van der Waals surface area contributed by atoms with Crippen LogP contribution in [-0.4, -0.2) is 47.4 Å². The minimum atomic E-state index is -4.74. The Balaban J connectivity index is 1.89. The number of aliphatic hydroxyl groups is 1. The van der Waals surface area contributed by atoms with Gasteiger partial charge in [0.15, 0.2) is 12.2 Å². The summed E-state index contributed by atoms with van der Waals surface area (Å²) in [4.78, 5) is 12.8. The molecule has 1 aromatic carbocycles. The molecule has 1 N–H and O–H groups in total.